The van der Waals surface area contributed by atoms with Crippen molar-refractivity contribution in [1.29, 1.82) is 0 Å². The van der Waals surface area contributed by atoms with E-state index in [2.05, 4.69) is 24.2 Å². The molecule has 1 aliphatic heterocycles. The Morgan fingerprint density at radius 1 is 1.35 bits per heavy atom. The molecular weight excluding hydrogens is 252 g/mol. The van der Waals surface area contributed by atoms with Crippen LogP contribution < -0.4 is 5.32 Å². The molecule has 4 atom stereocenters. The molecule has 2 fully saturated rings. The molecule has 20 heavy (non-hydrogen) atoms. The van der Waals surface area contributed by atoms with Gasteiger partial charge in [-0.15, -0.1) is 0 Å². The highest BCUT2D eigenvalue weighted by atomic mass is 16.5. The lowest BCUT2D eigenvalue weighted by molar-refractivity contribution is -0.151. The number of nitrogens with one attached hydrogen (secondary N) is 1. The van der Waals surface area contributed by atoms with E-state index in [9.17, 15) is 4.79 Å². The van der Waals surface area contributed by atoms with Crippen molar-refractivity contribution < 1.29 is 9.53 Å². The quantitative estimate of drug-likeness (QED) is 0.801. The average molecular weight is 282 g/mol. The van der Waals surface area contributed by atoms with E-state index in [1.54, 1.807) is 0 Å². The Bertz CT molecular complexity index is 322. The molecule has 1 saturated heterocycles. The molecule has 0 aromatic carbocycles. The molecule has 0 spiro atoms. The van der Waals surface area contributed by atoms with Crippen LogP contribution in [-0.4, -0.2) is 49.7 Å². The summed E-state index contributed by atoms with van der Waals surface area (Å²) in [5, 5.41) is 3.41. The van der Waals surface area contributed by atoms with Crippen molar-refractivity contribution in [3.8, 4) is 0 Å². The molecule has 0 radical (unpaired) electrons. The van der Waals surface area contributed by atoms with Crippen LogP contribution in [-0.2, 0) is 9.53 Å². The summed E-state index contributed by atoms with van der Waals surface area (Å²) >= 11 is 0. The van der Waals surface area contributed by atoms with Gasteiger partial charge in [-0.1, -0.05) is 6.92 Å². The van der Waals surface area contributed by atoms with E-state index >= 15 is 0 Å². The number of carbonyl (C=O) groups excluding carboxylic acids is 1. The first-order valence-electron chi connectivity index (χ1n) is 8.23. The van der Waals surface area contributed by atoms with E-state index in [0.29, 0.717) is 24.6 Å². The van der Waals surface area contributed by atoms with Crippen LogP contribution >= 0.6 is 0 Å². The standard InChI is InChI=1S/C16H30N2O2/c1-4-20-16(19)15-8-7-14(10-12(15)2)18-9-5-6-13(11-18)17-3/h12-15,17H,4-11H2,1-3H3/t12-,13-,14-,15+/m0/s1. The summed E-state index contributed by atoms with van der Waals surface area (Å²) in [6, 6.07) is 1.30. The fraction of sp³-hybridized carbons (Fsp3) is 0.938. The normalized spacial score (nSPS) is 35.8. The fourth-order valence-corrected chi connectivity index (χ4v) is 3.87. The van der Waals surface area contributed by atoms with Gasteiger partial charge >= 0.3 is 5.97 Å². The van der Waals surface area contributed by atoms with Gasteiger partial charge in [0.05, 0.1) is 12.5 Å². The summed E-state index contributed by atoms with van der Waals surface area (Å²) in [6.07, 6.45) is 5.86. The first kappa shape index (κ1) is 15.8. The summed E-state index contributed by atoms with van der Waals surface area (Å²) in [5.41, 5.74) is 0. The van der Waals surface area contributed by atoms with Crippen molar-refractivity contribution in [2.75, 3.05) is 26.7 Å². The van der Waals surface area contributed by atoms with Gasteiger partial charge in [0.1, 0.15) is 0 Å². The second kappa shape index (κ2) is 7.41. The molecule has 0 amide bonds. The lowest BCUT2D eigenvalue weighted by Crippen LogP contribution is -2.51. The summed E-state index contributed by atoms with van der Waals surface area (Å²) < 4.78 is 5.20. The third kappa shape index (κ3) is 3.73. The van der Waals surface area contributed by atoms with Gasteiger partial charge in [0.25, 0.3) is 0 Å². The first-order valence-corrected chi connectivity index (χ1v) is 8.23. The molecule has 4 heteroatoms. The van der Waals surface area contributed by atoms with Gasteiger partial charge in [0.15, 0.2) is 0 Å². The monoisotopic (exact) mass is 282 g/mol. The Morgan fingerprint density at radius 3 is 2.80 bits per heavy atom. The zero-order valence-electron chi connectivity index (χ0n) is 13.2. The largest absolute Gasteiger partial charge is 0.466 e. The number of likely N-dealkylation sites (N-methyl/N-ethyl adjacent to an activating group) is 1. The molecule has 116 valence electrons. The number of esters is 1. The third-order valence-corrected chi connectivity index (χ3v) is 5.11. The number of carbonyl (C=O) groups is 1. The Morgan fingerprint density at radius 2 is 2.15 bits per heavy atom. The molecule has 0 aromatic heterocycles. The molecule has 0 unspecified atom stereocenters. The van der Waals surface area contributed by atoms with Crippen LogP contribution in [0.3, 0.4) is 0 Å². The smallest absolute Gasteiger partial charge is 0.309 e. The van der Waals surface area contributed by atoms with Crippen LogP contribution in [0.4, 0.5) is 0 Å². The van der Waals surface area contributed by atoms with Crippen molar-refractivity contribution in [1.82, 2.24) is 10.2 Å². The summed E-state index contributed by atoms with van der Waals surface area (Å²) in [4.78, 5) is 14.6. The number of nitrogens with zero attached hydrogens (tertiary/aromatic N) is 1. The predicted octanol–water partition coefficient (Wildman–Crippen LogP) is 2.04. The van der Waals surface area contributed by atoms with Crippen molar-refractivity contribution in [3.05, 3.63) is 0 Å². The molecule has 2 aliphatic rings. The zero-order valence-corrected chi connectivity index (χ0v) is 13.2. The minimum atomic E-state index is 0.0187. The van der Waals surface area contributed by atoms with Crippen LogP contribution in [0.2, 0.25) is 0 Å². The lowest BCUT2D eigenvalue weighted by atomic mass is 9.77. The van der Waals surface area contributed by atoms with Crippen molar-refractivity contribution >= 4 is 5.97 Å². The molecule has 2 rings (SSSR count). The lowest BCUT2D eigenvalue weighted by Gasteiger charge is -2.43. The maximum absolute atomic E-state index is 11.9. The van der Waals surface area contributed by atoms with Gasteiger partial charge in [0.2, 0.25) is 0 Å². The van der Waals surface area contributed by atoms with Gasteiger partial charge < -0.3 is 10.1 Å². The molecular formula is C16H30N2O2. The second-order valence-corrected chi connectivity index (χ2v) is 6.43. The number of hydrogen-bond acceptors (Lipinski definition) is 4. The third-order valence-electron chi connectivity index (χ3n) is 5.11. The van der Waals surface area contributed by atoms with Crippen molar-refractivity contribution in [3.63, 3.8) is 0 Å². The van der Waals surface area contributed by atoms with Gasteiger partial charge in [-0.25, -0.2) is 0 Å². The molecule has 1 aliphatic carbocycles. The van der Waals surface area contributed by atoms with E-state index in [1.165, 1.54) is 19.4 Å². The molecule has 1 heterocycles. The fourth-order valence-electron chi connectivity index (χ4n) is 3.87. The molecule has 4 nitrogen and oxygen atoms in total. The van der Waals surface area contributed by atoms with Crippen molar-refractivity contribution in [2.24, 2.45) is 11.8 Å². The highest BCUT2D eigenvalue weighted by Gasteiger charge is 2.36. The van der Waals surface area contributed by atoms with Gasteiger partial charge in [-0.3, -0.25) is 9.69 Å². The van der Waals surface area contributed by atoms with E-state index in [4.69, 9.17) is 4.74 Å². The Hall–Kier alpha value is -0.610. The predicted molar refractivity (Wildman–Crippen MR) is 80.6 cm³/mol. The summed E-state index contributed by atoms with van der Waals surface area (Å²) in [5.74, 6) is 0.587. The first-order chi connectivity index (χ1) is 9.65. The highest BCUT2D eigenvalue weighted by molar-refractivity contribution is 5.72. The maximum atomic E-state index is 11.9. The van der Waals surface area contributed by atoms with Gasteiger partial charge in [0, 0.05) is 18.6 Å². The van der Waals surface area contributed by atoms with Crippen molar-refractivity contribution in [2.45, 2.75) is 58.0 Å². The topological polar surface area (TPSA) is 41.6 Å². The van der Waals surface area contributed by atoms with Gasteiger partial charge in [-0.2, -0.15) is 0 Å². The Kier molecular flexibility index (Phi) is 5.85. The summed E-state index contributed by atoms with van der Waals surface area (Å²) in [7, 11) is 2.06. The van der Waals surface area contributed by atoms with E-state index in [0.717, 1.165) is 25.8 Å². The molecule has 0 bridgehead atoms. The molecule has 1 N–H and O–H groups in total. The highest BCUT2D eigenvalue weighted by Crippen LogP contribution is 2.34. The number of ether oxygens (including phenoxy) is 1. The van der Waals surface area contributed by atoms with Crippen LogP contribution in [0.5, 0.6) is 0 Å². The Balaban J connectivity index is 1.86. The number of piperidine rings is 1. The average Bonchev–Trinajstić information content (AvgIpc) is 2.47. The second-order valence-electron chi connectivity index (χ2n) is 6.43. The van der Waals surface area contributed by atoms with Crippen LogP contribution in [0.15, 0.2) is 0 Å². The van der Waals surface area contributed by atoms with Crippen LogP contribution in [0.1, 0.15) is 46.0 Å². The maximum Gasteiger partial charge on any atom is 0.309 e. The van der Waals surface area contributed by atoms with E-state index in [1.807, 2.05) is 6.92 Å². The number of hydrogen-bond donors (Lipinski definition) is 1. The van der Waals surface area contributed by atoms with E-state index < -0.39 is 0 Å². The van der Waals surface area contributed by atoms with Crippen LogP contribution in [0.25, 0.3) is 0 Å². The minimum Gasteiger partial charge on any atom is -0.466 e. The SMILES string of the molecule is CCOC(=O)[C@@H]1CC[C@H](N2CCC[C@H](NC)C2)C[C@@H]1C. The van der Waals surface area contributed by atoms with Gasteiger partial charge in [-0.05, 0) is 58.5 Å². The number of rotatable bonds is 4. The van der Waals surface area contributed by atoms with E-state index in [-0.39, 0.29) is 11.9 Å². The zero-order chi connectivity index (χ0) is 14.5. The molecule has 0 aromatic rings. The number of likely N-dealkylation sites (tertiary alicyclic amines) is 1. The van der Waals surface area contributed by atoms with Crippen LogP contribution in [0, 0.1) is 11.8 Å². The summed E-state index contributed by atoms with van der Waals surface area (Å²) in [6.45, 7) is 6.99. The molecule has 1 saturated carbocycles. The minimum absolute atomic E-state index is 0.0187. The Labute approximate surface area is 123 Å².